The number of ether oxygens (including phenoxy) is 1. The third-order valence-corrected chi connectivity index (χ3v) is 3.60. The number of rotatable bonds is 4. The minimum absolute atomic E-state index is 0.0877. The number of anilines is 1. The Balaban J connectivity index is 1.81. The molecule has 2 rings (SSSR count). The third-order valence-electron chi connectivity index (χ3n) is 2.81. The van der Waals surface area contributed by atoms with E-state index in [-0.39, 0.29) is 11.5 Å². The molecule has 0 saturated carbocycles. The lowest BCUT2D eigenvalue weighted by molar-refractivity contribution is -0.134. The van der Waals surface area contributed by atoms with E-state index in [0.29, 0.717) is 49.4 Å². The largest absolute Gasteiger partial charge is 0.382 e. The molecular formula is C11H15BrN4O3. The SMILES string of the molecule is O=C(CCNc1cn[nH]c(=O)c1Br)N1CCOCC1. The first kappa shape index (κ1) is 14.0. The summed E-state index contributed by atoms with van der Waals surface area (Å²) in [5.74, 6) is 0.0877. The molecule has 19 heavy (non-hydrogen) atoms. The van der Waals surface area contributed by atoms with Gasteiger partial charge in [0.05, 0.1) is 25.1 Å². The van der Waals surface area contributed by atoms with Gasteiger partial charge in [-0.2, -0.15) is 5.10 Å². The Bertz CT molecular complexity index is 499. The number of H-pyrrole nitrogens is 1. The summed E-state index contributed by atoms with van der Waals surface area (Å²) >= 11 is 3.17. The van der Waals surface area contributed by atoms with E-state index < -0.39 is 0 Å². The van der Waals surface area contributed by atoms with Gasteiger partial charge in [-0.05, 0) is 15.9 Å². The molecule has 0 aliphatic carbocycles. The van der Waals surface area contributed by atoms with Gasteiger partial charge in [0.25, 0.3) is 5.56 Å². The number of carbonyl (C=O) groups excluding carboxylic acids is 1. The molecule has 0 atom stereocenters. The van der Waals surface area contributed by atoms with Crippen LogP contribution in [0.3, 0.4) is 0 Å². The van der Waals surface area contributed by atoms with Crippen LogP contribution in [0.15, 0.2) is 15.5 Å². The van der Waals surface area contributed by atoms with Crippen LogP contribution < -0.4 is 10.9 Å². The quantitative estimate of drug-likeness (QED) is 0.823. The summed E-state index contributed by atoms with van der Waals surface area (Å²) in [4.78, 5) is 25.0. The fourth-order valence-electron chi connectivity index (χ4n) is 1.78. The second-order valence-corrected chi connectivity index (χ2v) is 4.89. The van der Waals surface area contributed by atoms with Gasteiger partial charge in [-0.1, -0.05) is 0 Å². The molecule has 1 aromatic heterocycles. The molecule has 1 aliphatic rings. The molecular weight excluding hydrogens is 316 g/mol. The van der Waals surface area contributed by atoms with E-state index in [0.717, 1.165) is 0 Å². The van der Waals surface area contributed by atoms with Crippen molar-refractivity contribution in [2.75, 3.05) is 38.2 Å². The van der Waals surface area contributed by atoms with Crippen LogP contribution in [0.25, 0.3) is 0 Å². The number of hydrogen-bond donors (Lipinski definition) is 2. The summed E-state index contributed by atoms with van der Waals surface area (Å²) < 4.78 is 5.58. The number of aromatic amines is 1. The Morgan fingerprint density at radius 2 is 2.26 bits per heavy atom. The van der Waals surface area contributed by atoms with Crippen molar-refractivity contribution in [3.8, 4) is 0 Å². The highest BCUT2D eigenvalue weighted by Gasteiger charge is 2.16. The predicted molar refractivity (Wildman–Crippen MR) is 73.1 cm³/mol. The number of halogens is 1. The van der Waals surface area contributed by atoms with Gasteiger partial charge in [0.15, 0.2) is 0 Å². The molecule has 0 radical (unpaired) electrons. The minimum atomic E-state index is -0.301. The van der Waals surface area contributed by atoms with Crippen LogP contribution in [0.2, 0.25) is 0 Å². The van der Waals surface area contributed by atoms with Gasteiger partial charge in [-0.3, -0.25) is 9.59 Å². The van der Waals surface area contributed by atoms with E-state index in [1.165, 1.54) is 6.20 Å². The van der Waals surface area contributed by atoms with Crippen LogP contribution in [0.5, 0.6) is 0 Å². The monoisotopic (exact) mass is 330 g/mol. The van der Waals surface area contributed by atoms with Gasteiger partial charge in [0.1, 0.15) is 4.47 Å². The first-order chi connectivity index (χ1) is 9.18. The van der Waals surface area contributed by atoms with Crippen LogP contribution >= 0.6 is 15.9 Å². The predicted octanol–water partition coefficient (Wildman–Crippen LogP) is 0.193. The average molecular weight is 331 g/mol. The molecule has 1 fully saturated rings. The van der Waals surface area contributed by atoms with Gasteiger partial charge in [0, 0.05) is 26.1 Å². The van der Waals surface area contributed by atoms with Crippen molar-refractivity contribution in [3.63, 3.8) is 0 Å². The molecule has 0 aromatic carbocycles. The number of hydrogen-bond acceptors (Lipinski definition) is 5. The van der Waals surface area contributed by atoms with E-state index >= 15 is 0 Å². The lowest BCUT2D eigenvalue weighted by Gasteiger charge is -2.26. The van der Waals surface area contributed by atoms with Crippen molar-refractivity contribution in [1.82, 2.24) is 15.1 Å². The van der Waals surface area contributed by atoms with Crippen molar-refractivity contribution in [3.05, 3.63) is 21.0 Å². The zero-order valence-electron chi connectivity index (χ0n) is 10.3. The zero-order valence-corrected chi connectivity index (χ0v) is 11.9. The third kappa shape index (κ3) is 3.77. The van der Waals surface area contributed by atoms with Crippen LogP contribution in [-0.2, 0) is 9.53 Å². The highest BCUT2D eigenvalue weighted by atomic mass is 79.9. The molecule has 0 unspecified atom stereocenters. The summed E-state index contributed by atoms with van der Waals surface area (Å²) in [6.45, 7) is 2.95. The molecule has 1 aromatic rings. The highest BCUT2D eigenvalue weighted by molar-refractivity contribution is 9.10. The Morgan fingerprint density at radius 3 is 3.00 bits per heavy atom. The van der Waals surface area contributed by atoms with Gasteiger partial charge >= 0.3 is 0 Å². The Morgan fingerprint density at radius 1 is 1.53 bits per heavy atom. The van der Waals surface area contributed by atoms with E-state index in [4.69, 9.17) is 4.74 Å². The number of amides is 1. The fourth-order valence-corrected chi connectivity index (χ4v) is 2.11. The van der Waals surface area contributed by atoms with Crippen molar-refractivity contribution in [1.29, 1.82) is 0 Å². The van der Waals surface area contributed by atoms with E-state index in [1.807, 2.05) is 0 Å². The molecule has 2 N–H and O–H groups in total. The molecule has 1 aliphatic heterocycles. The van der Waals surface area contributed by atoms with Gasteiger partial charge in [-0.25, -0.2) is 5.10 Å². The summed E-state index contributed by atoms with van der Waals surface area (Å²) in [7, 11) is 0. The van der Waals surface area contributed by atoms with Crippen molar-refractivity contribution in [2.24, 2.45) is 0 Å². The van der Waals surface area contributed by atoms with Crippen LogP contribution in [0.1, 0.15) is 6.42 Å². The minimum Gasteiger partial charge on any atom is -0.382 e. The first-order valence-electron chi connectivity index (χ1n) is 6.01. The maximum Gasteiger partial charge on any atom is 0.280 e. The fraction of sp³-hybridized carbons (Fsp3) is 0.545. The van der Waals surface area contributed by atoms with E-state index in [2.05, 4.69) is 31.4 Å². The van der Waals surface area contributed by atoms with Gasteiger partial charge in [-0.15, -0.1) is 0 Å². The molecule has 8 heteroatoms. The number of nitrogens with one attached hydrogen (secondary N) is 2. The Hall–Kier alpha value is -1.41. The van der Waals surface area contributed by atoms with E-state index in [9.17, 15) is 9.59 Å². The second-order valence-electron chi connectivity index (χ2n) is 4.10. The number of nitrogens with zero attached hydrogens (tertiary/aromatic N) is 2. The van der Waals surface area contributed by atoms with Crippen molar-refractivity contribution < 1.29 is 9.53 Å². The molecule has 7 nitrogen and oxygen atoms in total. The summed E-state index contributed by atoms with van der Waals surface area (Å²) in [6.07, 6.45) is 1.88. The number of morpholine rings is 1. The molecule has 1 saturated heterocycles. The lowest BCUT2D eigenvalue weighted by atomic mass is 10.3. The van der Waals surface area contributed by atoms with Crippen LogP contribution in [0.4, 0.5) is 5.69 Å². The zero-order chi connectivity index (χ0) is 13.7. The van der Waals surface area contributed by atoms with Crippen molar-refractivity contribution in [2.45, 2.75) is 6.42 Å². The van der Waals surface area contributed by atoms with Gasteiger partial charge in [0.2, 0.25) is 5.91 Å². The normalized spacial score (nSPS) is 15.3. The molecule has 2 heterocycles. The highest BCUT2D eigenvalue weighted by Crippen LogP contribution is 2.15. The van der Waals surface area contributed by atoms with Gasteiger partial charge < -0.3 is 15.0 Å². The molecule has 0 spiro atoms. The summed E-state index contributed by atoms with van der Waals surface area (Å²) in [5, 5.41) is 9.02. The lowest BCUT2D eigenvalue weighted by Crippen LogP contribution is -2.41. The first-order valence-corrected chi connectivity index (χ1v) is 6.80. The molecule has 1 amide bonds. The molecule has 104 valence electrons. The Kier molecular flexibility index (Phi) is 4.92. The van der Waals surface area contributed by atoms with Crippen LogP contribution in [-0.4, -0.2) is 53.9 Å². The standard InChI is InChI=1S/C11H15BrN4O3/c12-10-8(7-14-15-11(10)18)13-2-1-9(17)16-3-5-19-6-4-16/h7H,1-6H2,(H2,13,15,18). The smallest absolute Gasteiger partial charge is 0.280 e. The Labute approximate surface area is 118 Å². The van der Waals surface area contributed by atoms with Crippen molar-refractivity contribution >= 4 is 27.5 Å². The van der Waals surface area contributed by atoms with E-state index in [1.54, 1.807) is 4.90 Å². The number of carbonyl (C=O) groups is 1. The topological polar surface area (TPSA) is 87.3 Å². The summed E-state index contributed by atoms with van der Waals surface area (Å²) in [6, 6.07) is 0. The molecule has 0 bridgehead atoms. The van der Waals surface area contributed by atoms with Crippen LogP contribution in [0, 0.1) is 0 Å². The average Bonchev–Trinajstić information content (AvgIpc) is 2.44. The summed E-state index contributed by atoms with van der Waals surface area (Å²) in [5.41, 5.74) is 0.281. The maximum absolute atomic E-state index is 11.9. The number of aromatic nitrogens is 2. The maximum atomic E-state index is 11.9. The second kappa shape index (κ2) is 6.67.